The molecule has 0 spiro atoms. The summed E-state index contributed by atoms with van der Waals surface area (Å²) in [6.45, 7) is 0.153. The number of rotatable bonds is 1. The summed E-state index contributed by atoms with van der Waals surface area (Å²) in [6, 6.07) is 3.57. The Labute approximate surface area is 90.6 Å². The first-order valence-corrected chi connectivity index (χ1v) is 4.79. The number of fused-ring (bicyclic) bond motifs is 2. The standard InChI is InChI=1S/C11H9NO4/c1-14-10-8-6(2-3-12-11(8)13)4-7-9(10)16-5-15-7/h2-4H,5H2,1H3,(H,12,13). The molecule has 1 aromatic carbocycles. The van der Waals surface area contributed by atoms with Crippen LogP contribution in [-0.4, -0.2) is 18.9 Å². The van der Waals surface area contributed by atoms with Crippen molar-refractivity contribution in [1.29, 1.82) is 0 Å². The molecule has 82 valence electrons. The van der Waals surface area contributed by atoms with Crippen molar-refractivity contribution >= 4 is 10.8 Å². The fourth-order valence-corrected chi connectivity index (χ4v) is 1.87. The number of pyridine rings is 1. The molecule has 0 unspecified atom stereocenters. The maximum atomic E-state index is 11.7. The molecule has 1 aliphatic rings. The molecule has 0 atom stereocenters. The first-order valence-electron chi connectivity index (χ1n) is 4.79. The van der Waals surface area contributed by atoms with E-state index in [9.17, 15) is 4.79 Å². The number of benzene rings is 1. The molecule has 0 saturated heterocycles. The third-order valence-electron chi connectivity index (χ3n) is 2.56. The molecular formula is C11H9NO4. The van der Waals surface area contributed by atoms with E-state index >= 15 is 0 Å². The number of aromatic nitrogens is 1. The second-order valence-corrected chi connectivity index (χ2v) is 3.41. The van der Waals surface area contributed by atoms with Gasteiger partial charge in [0.2, 0.25) is 12.5 Å². The highest BCUT2D eigenvalue weighted by atomic mass is 16.7. The summed E-state index contributed by atoms with van der Waals surface area (Å²) < 4.78 is 15.8. The number of methoxy groups -OCH3 is 1. The summed E-state index contributed by atoms with van der Waals surface area (Å²) in [5.41, 5.74) is -0.201. The van der Waals surface area contributed by atoms with Crippen molar-refractivity contribution in [3.63, 3.8) is 0 Å². The highest BCUT2D eigenvalue weighted by molar-refractivity contribution is 5.92. The molecule has 16 heavy (non-hydrogen) atoms. The molecule has 0 radical (unpaired) electrons. The number of H-pyrrole nitrogens is 1. The summed E-state index contributed by atoms with van der Waals surface area (Å²) in [5, 5.41) is 1.25. The number of aromatic amines is 1. The molecule has 5 heteroatoms. The molecule has 1 N–H and O–H groups in total. The van der Waals surface area contributed by atoms with Crippen LogP contribution in [0, 0.1) is 0 Å². The molecule has 2 heterocycles. The Morgan fingerprint density at radius 3 is 3.12 bits per heavy atom. The van der Waals surface area contributed by atoms with E-state index in [1.807, 2.05) is 0 Å². The zero-order chi connectivity index (χ0) is 11.1. The Morgan fingerprint density at radius 1 is 1.44 bits per heavy atom. The van der Waals surface area contributed by atoms with Crippen molar-refractivity contribution in [2.45, 2.75) is 0 Å². The second-order valence-electron chi connectivity index (χ2n) is 3.41. The Bertz CT molecular complexity index is 617. The van der Waals surface area contributed by atoms with E-state index in [-0.39, 0.29) is 12.4 Å². The minimum Gasteiger partial charge on any atom is -0.492 e. The lowest BCUT2D eigenvalue weighted by Gasteiger charge is -2.07. The monoisotopic (exact) mass is 219 g/mol. The Hall–Kier alpha value is -2.17. The highest BCUT2D eigenvalue weighted by Gasteiger charge is 2.23. The molecule has 1 aromatic heterocycles. The first kappa shape index (κ1) is 9.08. The third-order valence-corrected chi connectivity index (χ3v) is 2.56. The molecule has 0 aliphatic carbocycles. The first-order chi connectivity index (χ1) is 7.81. The minimum atomic E-state index is -0.201. The van der Waals surface area contributed by atoms with Gasteiger partial charge in [-0.15, -0.1) is 0 Å². The predicted octanol–water partition coefficient (Wildman–Crippen LogP) is 1.27. The molecule has 0 fully saturated rings. The van der Waals surface area contributed by atoms with Crippen LogP contribution in [-0.2, 0) is 0 Å². The maximum absolute atomic E-state index is 11.7. The van der Waals surface area contributed by atoms with E-state index < -0.39 is 0 Å². The number of hydrogen-bond donors (Lipinski definition) is 1. The maximum Gasteiger partial charge on any atom is 0.259 e. The van der Waals surface area contributed by atoms with Crippen LogP contribution in [0.5, 0.6) is 17.2 Å². The van der Waals surface area contributed by atoms with Crippen molar-refractivity contribution < 1.29 is 14.2 Å². The van der Waals surface area contributed by atoms with Gasteiger partial charge in [0.15, 0.2) is 11.5 Å². The number of hydrogen-bond acceptors (Lipinski definition) is 4. The van der Waals surface area contributed by atoms with Gasteiger partial charge >= 0.3 is 0 Å². The predicted molar refractivity (Wildman–Crippen MR) is 57.2 cm³/mol. The fraction of sp³-hybridized carbons (Fsp3) is 0.182. The molecule has 3 rings (SSSR count). The summed E-state index contributed by atoms with van der Waals surface area (Å²) in [6.07, 6.45) is 1.59. The van der Waals surface area contributed by atoms with E-state index in [1.54, 1.807) is 18.3 Å². The van der Waals surface area contributed by atoms with Crippen LogP contribution in [0.1, 0.15) is 0 Å². The molecule has 0 amide bonds. The van der Waals surface area contributed by atoms with Gasteiger partial charge in [0.05, 0.1) is 12.5 Å². The van der Waals surface area contributed by atoms with Crippen LogP contribution in [0.25, 0.3) is 10.8 Å². The lowest BCUT2D eigenvalue weighted by molar-refractivity contribution is 0.171. The molecule has 0 bridgehead atoms. The smallest absolute Gasteiger partial charge is 0.259 e. The van der Waals surface area contributed by atoms with E-state index in [0.717, 1.165) is 5.39 Å². The van der Waals surface area contributed by atoms with Gasteiger partial charge in [-0.2, -0.15) is 0 Å². The van der Waals surface area contributed by atoms with Gasteiger partial charge in [0.1, 0.15) is 0 Å². The van der Waals surface area contributed by atoms with Gasteiger partial charge in [-0.1, -0.05) is 0 Å². The quantitative estimate of drug-likeness (QED) is 0.784. The molecule has 0 saturated carbocycles. The van der Waals surface area contributed by atoms with Gasteiger partial charge in [-0.25, -0.2) is 0 Å². The van der Waals surface area contributed by atoms with Crippen LogP contribution in [0.4, 0.5) is 0 Å². The van der Waals surface area contributed by atoms with E-state index in [0.29, 0.717) is 22.6 Å². The average Bonchev–Trinajstić information content (AvgIpc) is 2.74. The molecule has 5 nitrogen and oxygen atoms in total. The van der Waals surface area contributed by atoms with E-state index in [4.69, 9.17) is 14.2 Å². The van der Waals surface area contributed by atoms with Gasteiger partial charge in [0.25, 0.3) is 5.56 Å². The van der Waals surface area contributed by atoms with Crippen LogP contribution >= 0.6 is 0 Å². The van der Waals surface area contributed by atoms with Crippen molar-refractivity contribution in [3.05, 3.63) is 28.7 Å². The van der Waals surface area contributed by atoms with E-state index in [1.165, 1.54) is 7.11 Å². The third kappa shape index (κ3) is 1.08. The fourth-order valence-electron chi connectivity index (χ4n) is 1.87. The molecular weight excluding hydrogens is 210 g/mol. The Morgan fingerprint density at radius 2 is 2.31 bits per heavy atom. The van der Waals surface area contributed by atoms with Crippen LogP contribution in [0.2, 0.25) is 0 Å². The van der Waals surface area contributed by atoms with Crippen molar-refractivity contribution in [2.24, 2.45) is 0 Å². The van der Waals surface area contributed by atoms with Crippen LogP contribution in [0.15, 0.2) is 23.1 Å². The molecule has 1 aliphatic heterocycles. The summed E-state index contributed by atoms with van der Waals surface area (Å²) in [5.74, 6) is 1.52. The zero-order valence-corrected chi connectivity index (χ0v) is 8.57. The van der Waals surface area contributed by atoms with E-state index in [2.05, 4.69) is 4.98 Å². The summed E-state index contributed by atoms with van der Waals surface area (Å²) in [4.78, 5) is 14.3. The van der Waals surface area contributed by atoms with Crippen molar-refractivity contribution in [1.82, 2.24) is 4.98 Å². The summed E-state index contributed by atoms with van der Waals surface area (Å²) >= 11 is 0. The number of ether oxygens (including phenoxy) is 3. The topological polar surface area (TPSA) is 60.6 Å². The number of nitrogens with one attached hydrogen (secondary N) is 1. The SMILES string of the molecule is COc1c2c(cc3cc[nH]c(=O)c13)OCO2. The van der Waals surface area contributed by atoms with Gasteiger partial charge in [-0.3, -0.25) is 4.79 Å². The van der Waals surface area contributed by atoms with Gasteiger partial charge < -0.3 is 19.2 Å². The van der Waals surface area contributed by atoms with Crippen molar-refractivity contribution in [2.75, 3.05) is 13.9 Å². The average molecular weight is 219 g/mol. The zero-order valence-electron chi connectivity index (χ0n) is 8.57. The Balaban J connectivity index is 2.50. The normalized spacial score (nSPS) is 13.1. The van der Waals surface area contributed by atoms with Crippen LogP contribution < -0.4 is 19.8 Å². The summed E-state index contributed by atoms with van der Waals surface area (Å²) in [7, 11) is 1.50. The lowest BCUT2D eigenvalue weighted by Crippen LogP contribution is -2.06. The van der Waals surface area contributed by atoms with Crippen molar-refractivity contribution in [3.8, 4) is 17.2 Å². The lowest BCUT2D eigenvalue weighted by atomic mass is 10.1. The highest BCUT2D eigenvalue weighted by Crippen LogP contribution is 2.44. The van der Waals surface area contributed by atoms with Crippen LogP contribution in [0.3, 0.4) is 0 Å². The van der Waals surface area contributed by atoms with Gasteiger partial charge in [0, 0.05) is 6.20 Å². The molecule has 2 aromatic rings. The minimum absolute atomic E-state index is 0.153. The second kappa shape index (κ2) is 3.16. The largest absolute Gasteiger partial charge is 0.492 e. The van der Waals surface area contributed by atoms with Gasteiger partial charge in [-0.05, 0) is 17.5 Å². The Kier molecular flexibility index (Phi) is 1.80.